The van der Waals surface area contributed by atoms with Crippen LogP contribution in [0.3, 0.4) is 0 Å². The third kappa shape index (κ3) is 4.58. The molecule has 1 N–H and O–H groups in total. The molecule has 0 radical (unpaired) electrons. The zero-order valence-corrected chi connectivity index (χ0v) is 14.6. The molecule has 3 rings (SSSR count). The maximum Gasteiger partial charge on any atom is 0.272 e. The van der Waals surface area contributed by atoms with Gasteiger partial charge in [-0.05, 0) is 42.0 Å². The van der Waals surface area contributed by atoms with Gasteiger partial charge in [0.1, 0.15) is 5.69 Å². The Morgan fingerprint density at radius 1 is 1.04 bits per heavy atom. The molecule has 0 atom stereocenters. The molecule has 0 bridgehead atoms. The molecule has 0 unspecified atom stereocenters. The Morgan fingerprint density at radius 3 is 2.48 bits per heavy atom. The first-order chi connectivity index (χ1) is 12.1. The van der Waals surface area contributed by atoms with E-state index in [0.717, 1.165) is 16.9 Å². The quantitative estimate of drug-likeness (QED) is 0.721. The topological polar surface area (TPSA) is 45.2 Å². The minimum Gasteiger partial charge on any atom is -0.355 e. The van der Waals surface area contributed by atoms with Crippen LogP contribution in [0.5, 0.6) is 0 Å². The molecule has 1 amide bonds. The van der Waals surface area contributed by atoms with Crippen molar-refractivity contribution < 1.29 is 4.79 Å². The maximum absolute atomic E-state index is 12.6. The lowest BCUT2D eigenvalue weighted by molar-refractivity contribution is 0.0779. The molecule has 0 aliphatic carbocycles. The van der Waals surface area contributed by atoms with Crippen molar-refractivity contribution in [2.75, 3.05) is 12.4 Å². The summed E-state index contributed by atoms with van der Waals surface area (Å²) in [4.78, 5) is 18.5. The highest BCUT2D eigenvalue weighted by Gasteiger charge is 2.14. The number of amides is 1. The fraction of sp³-hybridized carbons (Fsp3) is 0.100. The molecular formula is C20H18ClN3O. The Balaban J connectivity index is 1.71. The van der Waals surface area contributed by atoms with Crippen molar-refractivity contribution in [3.8, 4) is 0 Å². The number of aromatic nitrogens is 1. The molecule has 25 heavy (non-hydrogen) atoms. The number of anilines is 2. The van der Waals surface area contributed by atoms with Crippen LogP contribution in [0.15, 0.2) is 72.9 Å². The highest BCUT2D eigenvalue weighted by molar-refractivity contribution is 6.30. The summed E-state index contributed by atoms with van der Waals surface area (Å²) in [5.74, 6) is -0.122. The molecule has 0 aliphatic heterocycles. The zero-order valence-electron chi connectivity index (χ0n) is 13.8. The van der Waals surface area contributed by atoms with Gasteiger partial charge >= 0.3 is 0 Å². The van der Waals surface area contributed by atoms with Crippen LogP contribution >= 0.6 is 11.6 Å². The normalized spacial score (nSPS) is 10.3. The number of rotatable bonds is 5. The van der Waals surface area contributed by atoms with Crippen LogP contribution in [0.4, 0.5) is 11.4 Å². The fourth-order valence-electron chi connectivity index (χ4n) is 2.45. The van der Waals surface area contributed by atoms with E-state index < -0.39 is 0 Å². The number of pyridine rings is 1. The van der Waals surface area contributed by atoms with Gasteiger partial charge in [-0.1, -0.05) is 41.9 Å². The van der Waals surface area contributed by atoms with Gasteiger partial charge in [0.15, 0.2) is 0 Å². The lowest BCUT2D eigenvalue weighted by Crippen LogP contribution is -2.27. The van der Waals surface area contributed by atoms with E-state index in [-0.39, 0.29) is 5.91 Å². The Kier molecular flexibility index (Phi) is 5.31. The van der Waals surface area contributed by atoms with Crippen LogP contribution in [0.2, 0.25) is 5.02 Å². The number of carbonyl (C=O) groups excluding carboxylic acids is 1. The molecule has 0 fully saturated rings. The van der Waals surface area contributed by atoms with Crippen LogP contribution in [-0.2, 0) is 6.54 Å². The summed E-state index contributed by atoms with van der Waals surface area (Å²) in [6, 6.07) is 20.8. The average molecular weight is 352 g/mol. The number of carbonyl (C=O) groups is 1. The first kappa shape index (κ1) is 17.0. The largest absolute Gasteiger partial charge is 0.355 e. The van der Waals surface area contributed by atoms with E-state index in [1.54, 1.807) is 24.2 Å². The zero-order chi connectivity index (χ0) is 17.6. The summed E-state index contributed by atoms with van der Waals surface area (Å²) in [7, 11) is 1.77. The van der Waals surface area contributed by atoms with Gasteiger partial charge in [0.25, 0.3) is 5.91 Å². The van der Waals surface area contributed by atoms with Gasteiger partial charge < -0.3 is 10.2 Å². The summed E-state index contributed by atoms with van der Waals surface area (Å²) in [5.41, 5.74) is 3.17. The number of benzene rings is 2. The Hall–Kier alpha value is -2.85. The summed E-state index contributed by atoms with van der Waals surface area (Å²) in [5, 5.41) is 3.92. The molecule has 1 heterocycles. The molecule has 0 saturated heterocycles. The monoisotopic (exact) mass is 351 g/mol. The first-order valence-corrected chi connectivity index (χ1v) is 8.27. The minimum atomic E-state index is -0.122. The van der Waals surface area contributed by atoms with Crippen LogP contribution in [0.25, 0.3) is 0 Å². The van der Waals surface area contributed by atoms with Gasteiger partial charge in [-0.3, -0.25) is 9.78 Å². The number of nitrogens with one attached hydrogen (secondary N) is 1. The number of hydrogen-bond donors (Lipinski definition) is 1. The van der Waals surface area contributed by atoms with E-state index >= 15 is 0 Å². The molecule has 3 aromatic rings. The van der Waals surface area contributed by atoms with Gasteiger partial charge in [0, 0.05) is 36.2 Å². The molecule has 0 spiro atoms. The lowest BCUT2D eigenvalue weighted by Gasteiger charge is -2.17. The predicted molar refractivity (Wildman–Crippen MR) is 101 cm³/mol. The van der Waals surface area contributed by atoms with Crippen LogP contribution < -0.4 is 5.32 Å². The number of halogens is 1. The van der Waals surface area contributed by atoms with E-state index in [4.69, 9.17) is 11.6 Å². The summed E-state index contributed by atoms with van der Waals surface area (Å²) in [6.07, 6.45) is 1.63. The van der Waals surface area contributed by atoms with Crippen molar-refractivity contribution in [1.82, 2.24) is 9.88 Å². The van der Waals surface area contributed by atoms with E-state index in [9.17, 15) is 4.79 Å². The standard InChI is InChI=1S/C20H18ClN3O/c1-24(14-15-5-3-2-4-6-15)20(25)19-13-18(11-12-22-19)23-17-9-7-16(21)8-10-17/h2-13H,14H2,1H3,(H,22,23). The second-order valence-electron chi connectivity index (χ2n) is 5.71. The molecule has 0 aliphatic rings. The van der Waals surface area contributed by atoms with E-state index in [0.29, 0.717) is 17.3 Å². The van der Waals surface area contributed by atoms with Crippen LogP contribution in [0, 0.1) is 0 Å². The minimum absolute atomic E-state index is 0.122. The van der Waals surface area contributed by atoms with E-state index in [2.05, 4.69) is 10.3 Å². The summed E-state index contributed by atoms with van der Waals surface area (Å²) < 4.78 is 0. The van der Waals surface area contributed by atoms with E-state index in [1.807, 2.05) is 60.7 Å². The van der Waals surface area contributed by atoms with Crippen molar-refractivity contribution >= 4 is 28.9 Å². The predicted octanol–water partition coefficient (Wildman–Crippen LogP) is 4.75. The summed E-state index contributed by atoms with van der Waals surface area (Å²) in [6.45, 7) is 0.538. The second-order valence-corrected chi connectivity index (χ2v) is 6.14. The molecule has 126 valence electrons. The van der Waals surface area contributed by atoms with E-state index in [1.165, 1.54) is 0 Å². The van der Waals surface area contributed by atoms with Crippen molar-refractivity contribution in [2.24, 2.45) is 0 Å². The fourth-order valence-corrected chi connectivity index (χ4v) is 2.58. The van der Waals surface area contributed by atoms with Crippen LogP contribution in [0.1, 0.15) is 16.1 Å². The third-order valence-corrected chi connectivity index (χ3v) is 3.97. The van der Waals surface area contributed by atoms with Crippen molar-refractivity contribution in [2.45, 2.75) is 6.54 Å². The number of nitrogens with zero attached hydrogens (tertiary/aromatic N) is 2. The van der Waals surface area contributed by atoms with Gasteiger partial charge in [-0.15, -0.1) is 0 Å². The van der Waals surface area contributed by atoms with Gasteiger partial charge in [0.2, 0.25) is 0 Å². The maximum atomic E-state index is 12.6. The Bertz CT molecular complexity index is 850. The van der Waals surface area contributed by atoms with Crippen molar-refractivity contribution in [3.63, 3.8) is 0 Å². The SMILES string of the molecule is CN(Cc1ccccc1)C(=O)c1cc(Nc2ccc(Cl)cc2)ccn1. The molecule has 5 heteroatoms. The first-order valence-electron chi connectivity index (χ1n) is 7.90. The number of hydrogen-bond acceptors (Lipinski definition) is 3. The average Bonchev–Trinajstić information content (AvgIpc) is 2.64. The Morgan fingerprint density at radius 2 is 1.76 bits per heavy atom. The summed E-state index contributed by atoms with van der Waals surface area (Å²) >= 11 is 5.89. The molecule has 1 aromatic heterocycles. The van der Waals surface area contributed by atoms with Crippen molar-refractivity contribution in [3.05, 3.63) is 89.2 Å². The van der Waals surface area contributed by atoms with Crippen molar-refractivity contribution in [1.29, 1.82) is 0 Å². The van der Waals surface area contributed by atoms with Gasteiger partial charge in [0.05, 0.1) is 0 Å². The second kappa shape index (κ2) is 7.81. The Labute approximate surface area is 152 Å². The lowest BCUT2D eigenvalue weighted by atomic mass is 10.2. The molecule has 0 saturated carbocycles. The van der Waals surface area contributed by atoms with Gasteiger partial charge in [-0.2, -0.15) is 0 Å². The highest BCUT2D eigenvalue weighted by atomic mass is 35.5. The smallest absolute Gasteiger partial charge is 0.272 e. The molecular weight excluding hydrogens is 334 g/mol. The molecule has 4 nitrogen and oxygen atoms in total. The van der Waals surface area contributed by atoms with Gasteiger partial charge in [-0.25, -0.2) is 0 Å². The molecule has 2 aromatic carbocycles. The third-order valence-electron chi connectivity index (χ3n) is 3.72. The van der Waals surface area contributed by atoms with Crippen LogP contribution in [-0.4, -0.2) is 22.8 Å². The highest BCUT2D eigenvalue weighted by Crippen LogP contribution is 2.19.